The first-order chi connectivity index (χ1) is 9.83. The van der Waals surface area contributed by atoms with Gasteiger partial charge in [0.15, 0.2) is 5.13 Å². The summed E-state index contributed by atoms with van der Waals surface area (Å²) < 4.78 is 0. The summed E-state index contributed by atoms with van der Waals surface area (Å²) in [5.74, 6) is 0.914. The Morgan fingerprint density at radius 1 is 1.25 bits per heavy atom. The molecule has 0 radical (unpaired) electrons. The van der Waals surface area contributed by atoms with E-state index in [0.717, 1.165) is 24.8 Å². The number of rotatable bonds is 4. The van der Waals surface area contributed by atoms with Crippen molar-refractivity contribution in [1.29, 1.82) is 0 Å². The van der Waals surface area contributed by atoms with Crippen LogP contribution in [-0.2, 0) is 13.0 Å². The van der Waals surface area contributed by atoms with Gasteiger partial charge in [-0.25, -0.2) is 4.98 Å². The van der Waals surface area contributed by atoms with Crippen LogP contribution in [0, 0.1) is 5.92 Å². The normalized spacial score (nSPS) is 26.6. The molecule has 4 heteroatoms. The number of anilines is 1. The Hall–Kier alpha value is -0.610. The van der Waals surface area contributed by atoms with Crippen LogP contribution in [0.4, 0.5) is 5.13 Å². The van der Waals surface area contributed by atoms with E-state index < -0.39 is 0 Å². The molecule has 1 aliphatic carbocycles. The standard InChI is InChI=1S/C16H27N3S/c1-2-6-13-15(11-17)20-16(18-13)19-10-5-8-12-7-3-4-9-14(12)19/h12,14H,2-11,17H2,1H3. The van der Waals surface area contributed by atoms with Crippen molar-refractivity contribution < 1.29 is 0 Å². The number of thiazole rings is 1. The van der Waals surface area contributed by atoms with Gasteiger partial charge in [-0.15, -0.1) is 11.3 Å². The van der Waals surface area contributed by atoms with Gasteiger partial charge < -0.3 is 10.6 Å². The zero-order valence-corrected chi connectivity index (χ0v) is 13.4. The monoisotopic (exact) mass is 293 g/mol. The van der Waals surface area contributed by atoms with E-state index in [4.69, 9.17) is 10.7 Å². The van der Waals surface area contributed by atoms with E-state index in [-0.39, 0.29) is 0 Å². The number of hydrogen-bond donors (Lipinski definition) is 1. The molecule has 0 aromatic carbocycles. The summed E-state index contributed by atoms with van der Waals surface area (Å²) in [5, 5.41) is 1.26. The average Bonchev–Trinajstić information content (AvgIpc) is 2.90. The van der Waals surface area contributed by atoms with E-state index in [0.29, 0.717) is 6.54 Å². The summed E-state index contributed by atoms with van der Waals surface area (Å²) in [6, 6.07) is 0.753. The van der Waals surface area contributed by atoms with E-state index in [9.17, 15) is 0 Å². The third kappa shape index (κ3) is 2.73. The molecular formula is C16H27N3S. The largest absolute Gasteiger partial charge is 0.345 e. The Bertz CT molecular complexity index is 441. The number of hydrogen-bond acceptors (Lipinski definition) is 4. The second kappa shape index (κ2) is 6.44. The molecule has 20 heavy (non-hydrogen) atoms. The van der Waals surface area contributed by atoms with Crippen LogP contribution < -0.4 is 10.6 Å². The predicted molar refractivity (Wildman–Crippen MR) is 86.3 cm³/mol. The number of piperidine rings is 1. The highest BCUT2D eigenvalue weighted by Gasteiger charge is 2.34. The van der Waals surface area contributed by atoms with Crippen molar-refractivity contribution in [2.24, 2.45) is 11.7 Å². The Balaban J connectivity index is 1.83. The molecular weight excluding hydrogens is 266 g/mol. The quantitative estimate of drug-likeness (QED) is 0.920. The molecule has 2 atom stereocenters. The molecule has 1 saturated carbocycles. The first kappa shape index (κ1) is 14.3. The van der Waals surface area contributed by atoms with E-state index in [1.54, 1.807) is 0 Å². The van der Waals surface area contributed by atoms with Gasteiger partial charge >= 0.3 is 0 Å². The number of aromatic nitrogens is 1. The van der Waals surface area contributed by atoms with Gasteiger partial charge in [-0.2, -0.15) is 0 Å². The second-order valence-corrected chi connectivity index (χ2v) is 7.33. The third-order valence-electron chi connectivity index (χ3n) is 4.93. The third-order valence-corrected chi connectivity index (χ3v) is 6.09. The Labute approximate surface area is 126 Å². The smallest absolute Gasteiger partial charge is 0.186 e. The van der Waals surface area contributed by atoms with Gasteiger partial charge in [0.05, 0.1) is 5.69 Å². The fraction of sp³-hybridized carbons (Fsp3) is 0.812. The van der Waals surface area contributed by atoms with Gasteiger partial charge in [0, 0.05) is 24.0 Å². The van der Waals surface area contributed by atoms with Crippen LogP contribution in [0.3, 0.4) is 0 Å². The van der Waals surface area contributed by atoms with E-state index >= 15 is 0 Å². The predicted octanol–water partition coefficient (Wildman–Crippen LogP) is 3.71. The maximum absolute atomic E-state index is 5.91. The number of nitrogens with zero attached hydrogens (tertiary/aromatic N) is 2. The van der Waals surface area contributed by atoms with E-state index in [2.05, 4.69) is 11.8 Å². The lowest BCUT2D eigenvalue weighted by Crippen LogP contribution is -2.46. The molecule has 0 spiro atoms. The zero-order valence-electron chi connectivity index (χ0n) is 12.6. The van der Waals surface area contributed by atoms with Crippen LogP contribution in [0.1, 0.15) is 62.4 Å². The molecule has 2 aliphatic rings. The highest BCUT2D eigenvalue weighted by Crippen LogP contribution is 2.39. The molecule has 1 aliphatic heterocycles. The molecule has 2 heterocycles. The van der Waals surface area contributed by atoms with Gasteiger partial charge in [0.25, 0.3) is 0 Å². The molecule has 2 N–H and O–H groups in total. The highest BCUT2D eigenvalue weighted by molar-refractivity contribution is 7.15. The minimum absolute atomic E-state index is 0.648. The van der Waals surface area contributed by atoms with Crippen LogP contribution in [0.15, 0.2) is 0 Å². The molecule has 2 fully saturated rings. The van der Waals surface area contributed by atoms with Crippen LogP contribution >= 0.6 is 11.3 Å². The van der Waals surface area contributed by atoms with Gasteiger partial charge in [-0.05, 0) is 38.0 Å². The number of fused-ring (bicyclic) bond motifs is 1. The van der Waals surface area contributed by atoms with Crippen molar-refractivity contribution in [1.82, 2.24) is 4.98 Å². The van der Waals surface area contributed by atoms with Crippen molar-refractivity contribution in [2.45, 2.75) is 70.9 Å². The minimum atomic E-state index is 0.648. The van der Waals surface area contributed by atoms with Gasteiger partial charge in [-0.3, -0.25) is 0 Å². The van der Waals surface area contributed by atoms with Gasteiger partial charge in [-0.1, -0.05) is 26.2 Å². The van der Waals surface area contributed by atoms with Crippen molar-refractivity contribution in [3.05, 3.63) is 10.6 Å². The summed E-state index contributed by atoms with van der Waals surface area (Å²) >= 11 is 1.85. The Morgan fingerprint density at radius 3 is 2.85 bits per heavy atom. The summed E-state index contributed by atoms with van der Waals surface area (Å²) in [4.78, 5) is 8.88. The SMILES string of the molecule is CCCc1nc(N2CCCC3CCCCC32)sc1CN. The fourth-order valence-electron chi connectivity index (χ4n) is 3.95. The summed E-state index contributed by atoms with van der Waals surface area (Å²) in [7, 11) is 0. The lowest BCUT2D eigenvalue weighted by Gasteiger charge is -2.44. The Kier molecular flexibility index (Phi) is 4.61. The Morgan fingerprint density at radius 2 is 2.05 bits per heavy atom. The van der Waals surface area contributed by atoms with Crippen LogP contribution in [0.5, 0.6) is 0 Å². The van der Waals surface area contributed by atoms with Crippen molar-refractivity contribution in [3.63, 3.8) is 0 Å². The second-order valence-electron chi connectivity index (χ2n) is 6.27. The van der Waals surface area contributed by atoms with Crippen LogP contribution in [0.25, 0.3) is 0 Å². The maximum atomic E-state index is 5.91. The summed E-state index contributed by atoms with van der Waals surface area (Å²) in [6.07, 6.45) is 10.6. The molecule has 1 saturated heterocycles. The highest BCUT2D eigenvalue weighted by atomic mass is 32.1. The van der Waals surface area contributed by atoms with E-state index in [1.165, 1.54) is 60.8 Å². The zero-order chi connectivity index (χ0) is 13.9. The first-order valence-electron chi connectivity index (χ1n) is 8.28. The van der Waals surface area contributed by atoms with Crippen molar-refractivity contribution in [3.8, 4) is 0 Å². The lowest BCUT2D eigenvalue weighted by molar-refractivity contribution is 0.243. The molecule has 0 amide bonds. The molecule has 3 nitrogen and oxygen atoms in total. The van der Waals surface area contributed by atoms with Crippen molar-refractivity contribution >= 4 is 16.5 Å². The number of nitrogens with two attached hydrogens (primary N) is 1. The lowest BCUT2D eigenvalue weighted by atomic mass is 9.78. The molecule has 112 valence electrons. The molecule has 3 rings (SSSR count). The van der Waals surface area contributed by atoms with Crippen LogP contribution in [0.2, 0.25) is 0 Å². The van der Waals surface area contributed by atoms with E-state index in [1.807, 2.05) is 11.3 Å². The van der Waals surface area contributed by atoms with Crippen molar-refractivity contribution in [2.75, 3.05) is 11.4 Å². The topological polar surface area (TPSA) is 42.2 Å². The number of aryl methyl sites for hydroxylation is 1. The maximum Gasteiger partial charge on any atom is 0.186 e. The molecule has 0 bridgehead atoms. The van der Waals surface area contributed by atoms with Gasteiger partial charge in [0.1, 0.15) is 0 Å². The summed E-state index contributed by atoms with van der Waals surface area (Å²) in [6.45, 7) is 4.07. The molecule has 1 aromatic heterocycles. The van der Waals surface area contributed by atoms with Crippen LogP contribution in [-0.4, -0.2) is 17.6 Å². The minimum Gasteiger partial charge on any atom is -0.345 e. The molecule has 1 aromatic rings. The average molecular weight is 293 g/mol. The summed E-state index contributed by atoms with van der Waals surface area (Å²) in [5.41, 5.74) is 7.16. The fourth-order valence-corrected chi connectivity index (χ4v) is 5.02. The first-order valence-corrected chi connectivity index (χ1v) is 9.10. The molecule has 2 unspecified atom stereocenters. The van der Waals surface area contributed by atoms with Gasteiger partial charge in [0.2, 0.25) is 0 Å².